The second kappa shape index (κ2) is 4.12. The number of hydrogen-bond donors (Lipinski definition) is 1. The predicted octanol–water partition coefficient (Wildman–Crippen LogP) is 1.52. The third-order valence-electron chi connectivity index (χ3n) is 4.18. The fourth-order valence-corrected chi connectivity index (χ4v) is 3.11. The number of nitrogens with zero attached hydrogens (tertiary/aromatic N) is 1. The Bertz CT molecular complexity index is 246. The second-order valence-electron chi connectivity index (χ2n) is 5.30. The lowest BCUT2D eigenvalue weighted by Crippen LogP contribution is -2.38. The van der Waals surface area contributed by atoms with Gasteiger partial charge in [-0.1, -0.05) is 19.8 Å². The highest BCUT2D eigenvalue weighted by atomic mass is 16.2. The second-order valence-corrected chi connectivity index (χ2v) is 5.30. The van der Waals surface area contributed by atoms with E-state index < -0.39 is 0 Å². The summed E-state index contributed by atoms with van der Waals surface area (Å²) in [5, 5.41) is 0. The van der Waals surface area contributed by atoms with E-state index in [1.165, 1.54) is 32.1 Å². The average molecular weight is 210 g/mol. The van der Waals surface area contributed by atoms with Gasteiger partial charge in [-0.15, -0.1) is 0 Å². The van der Waals surface area contributed by atoms with Crippen molar-refractivity contribution in [3.8, 4) is 0 Å². The van der Waals surface area contributed by atoms with Gasteiger partial charge in [0, 0.05) is 25.6 Å². The number of likely N-dealkylation sites (tertiary alicyclic amines) is 1. The van der Waals surface area contributed by atoms with E-state index in [1.807, 2.05) is 4.90 Å². The van der Waals surface area contributed by atoms with Crippen LogP contribution in [0.5, 0.6) is 0 Å². The van der Waals surface area contributed by atoms with Gasteiger partial charge < -0.3 is 10.6 Å². The Balaban J connectivity index is 1.98. The molecule has 1 atom stereocenters. The molecular formula is C12H22N2O. The Kier molecular flexibility index (Phi) is 3.01. The highest BCUT2D eigenvalue weighted by Crippen LogP contribution is 2.42. The van der Waals surface area contributed by atoms with Crippen molar-refractivity contribution in [1.82, 2.24) is 4.90 Å². The summed E-state index contributed by atoms with van der Waals surface area (Å²) >= 11 is 0. The predicted molar refractivity (Wildman–Crippen MR) is 60.4 cm³/mol. The molecule has 0 aromatic rings. The van der Waals surface area contributed by atoms with E-state index in [0.29, 0.717) is 11.8 Å². The van der Waals surface area contributed by atoms with Crippen LogP contribution in [0.2, 0.25) is 0 Å². The van der Waals surface area contributed by atoms with Crippen LogP contribution in [-0.4, -0.2) is 29.9 Å². The third-order valence-corrected chi connectivity index (χ3v) is 4.18. The van der Waals surface area contributed by atoms with Gasteiger partial charge in [0.25, 0.3) is 0 Å². The van der Waals surface area contributed by atoms with Crippen LogP contribution in [0.25, 0.3) is 0 Å². The van der Waals surface area contributed by atoms with Crippen LogP contribution in [-0.2, 0) is 4.79 Å². The minimum absolute atomic E-state index is 0.0767. The first-order valence-corrected chi connectivity index (χ1v) is 6.18. The zero-order chi connectivity index (χ0) is 10.9. The quantitative estimate of drug-likeness (QED) is 0.767. The van der Waals surface area contributed by atoms with Crippen molar-refractivity contribution in [2.45, 2.75) is 51.5 Å². The Morgan fingerprint density at radius 2 is 2.13 bits per heavy atom. The summed E-state index contributed by atoms with van der Waals surface area (Å²) in [6.07, 6.45) is 7.01. The highest BCUT2D eigenvalue weighted by Gasteiger charge is 2.37. The molecule has 3 heteroatoms. The smallest absolute Gasteiger partial charge is 0.224 e. The number of hydrogen-bond acceptors (Lipinski definition) is 2. The van der Waals surface area contributed by atoms with Crippen LogP contribution in [0, 0.1) is 5.41 Å². The molecule has 0 spiro atoms. The fourth-order valence-electron chi connectivity index (χ4n) is 3.11. The molecule has 0 aromatic heterocycles. The summed E-state index contributed by atoms with van der Waals surface area (Å²) < 4.78 is 0. The minimum Gasteiger partial charge on any atom is -0.341 e. The molecule has 1 unspecified atom stereocenters. The van der Waals surface area contributed by atoms with E-state index >= 15 is 0 Å². The van der Waals surface area contributed by atoms with Crippen LogP contribution in [0.4, 0.5) is 0 Å². The van der Waals surface area contributed by atoms with E-state index in [1.54, 1.807) is 0 Å². The van der Waals surface area contributed by atoms with E-state index in [4.69, 9.17) is 5.73 Å². The van der Waals surface area contributed by atoms with Gasteiger partial charge >= 0.3 is 0 Å². The average Bonchev–Trinajstić information content (AvgIpc) is 2.76. The van der Waals surface area contributed by atoms with Gasteiger partial charge in [0.05, 0.1) is 0 Å². The van der Waals surface area contributed by atoms with E-state index in [2.05, 4.69) is 6.92 Å². The van der Waals surface area contributed by atoms with E-state index in [9.17, 15) is 4.79 Å². The van der Waals surface area contributed by atoms with Crippen molar-refractivity contribution < 1.29 is 4.79 Å². The lowest BCUT2D eigenvalue weighted by Gasteiger charge is -2.32. The molecule has 1 aliphatic carbocycles. The SMILES string of the molecule is CCC1(CN2CC(N)CC2=O)CCCC1. The van der Waals surface area contributed by atoms with Crippen LogP contribution >= 0.6 is 0 Å². The molecule has 3 nitrogen and oxygen atoms in total. The summed E-state index contributed by atoms with van der Waals surface area (Å²) in [5.41, 5.74) is 6.23. The molecule has 2 N–H and O–H groups in total. The van der Waals surface area contributed by atoms with Crippen LogP contribution in [0.15, 0.2) is 0 Å². The molecule has 1 amide bonds. The minimum atomic E-state index is 0.0767. The van der Waals surface area contributed by atoms with Crippen molar-refractivity contribution >= 4 is 5.91 Å². The maximum absolute atomic E-state index is 11.7. The Morgan fingerprint density at radius 3 is 2.60 bits per heavy atom. The molecule has 1 heterocycles. The van der Waals surface area contributed by atoms with Crippen LogP contribution in [0.3, 0.4) is 0 Å². The Morgan fingerprint density at radius 1 is 1.47 bits per heavy atom. The maximum Gasteiger partial charge on any atom is 0.224 e. The lowest BCUT2D eigenvalue weighted by atomic mass is 9.83. The standard InChI is InChI=1S/C12H22N2O/c1-2-12(5-3-4-6-12)9-14-8-10(13)7-11(14)15/h10H,2-9,13H2,1H3. The number of carbonyl (C=O) groups is 1. The number of amides is 1. The molecule has 2 fully saturated rings. The molecule has 0 bridgehead atoms. The van der Waals surface area contributed by atoms with Gasteiger partial charge in [0.2, 0.25) is 5.91 Å². The lowest BCUT2D eigenvalue weighted by molar-refractivity contribution is -0.129. The van der Waals surface area contributed by atoms with Crippen LogP contribution < -0.4 is 5.73 Å². The van der Waals surface area contributed by atoms with Gasteiger partial charge in [-0.05, 0) is 24.7 Å². The summed E-state index contributed by atoms with van der Waals surface area (Å²) in [7, 11) is 0. The van der Waals surface area contributed by atoms with Crippen molar-refractivity contribution in [3.63, 3.8) is 0 Å². The van der Waals surface area contributed by atoms with Gasteiger partial charge in [0.15, 0.2) is 0 Å². The fraction of sp³-hybridized carbons (Fsp3) is 0.917. The molecule has 1 aliphatic heterocycles. The van der Waals surface area contributed by atoms with Gasteiger partial charge in [-0.2, -0.15) is 0 Å². The summed E-state index contributed by atoms with van der Waals surface area (Å²) in [5.74, 6) is 0.266. The molecule has 2 aliphatic rings. The van der Waals surface area contributed by atoms with Crippen molar-refractivity contribution in [3.05, 3.63) is 0 Å². The van der Waals surface area contributed by atoms with Crippen molar-refractivity contribution in [2.24, 2.45) is 11.1 Å². The molecule has 1 saturated carbocycles. The maximum atomic E-state index is 11.7. The van der Waals surface area contributed by atoms with Gasteiger partial charge in [-0.3, -0.25) is 4.79 Å². The number of carbonyl (C=O) groups excluding carboxylic acids is 1. The first-order valence-electron chi connectivity index (χ1n) is 6.18. The Labute approximate surface area is 92.0 Å². The summed E-state index contributed by atoms with van der Waals surface area (Å²) in [4.78, 5) is 13.7. The zero-order valence-electron chi connectivity index (χ0n) is 9.67. The van der Waals surface area contributed by atoms with Gasteiger partial charge in [-0.25, -0.2) is 0 Å². The molecule has 0 aromatic carbocycles. The summed E-state index contributed by atoms with van der Waals surface area (Å²) in [6, 6.07) is 0.0767. The topological polar surface area (TPSA) is 46.3 Å². The largest absolute Gasteiger partial charge is 0.341 e. The van der Waals surface area contributed by atoms with Crippen molar-refractivity contribution in [2.75, 3.05) is 13.1 Å². The van der Waals surface area contributed by atoms with Crippen LogP contribution in [0.1, 0.15) is 45.4 Å². The Hall–Kier alpha value is -0.570. The molecule has 15 heavy (non-hydrogen) atoms. The van der Waals surface area contributed by atoms with E-state index in [0.717, 1.165) is 13.1 Å². The highest BCUT2D eigenvalue weighted by molar-refractivity contribution is 5.79. The van der Waals surface area contributed by atoms with Gasteiger partial charge in [0.1, 0.15) is 0 Å². The molecular weight excluding hydrogens is 188 g/mol. The number of rotatable bonds is 3. The number of nitrogens with two attached hydrogens (primary N) is 1. The third kappa shape index (κ3) is 2.17. The monoisotopic (exact) mass is 210 g/mol. The summed E-state index contributed by atoms with van der Waals surface area (Å²) in [6.45, 7) is 3.99. The van der Waals surface area contributed by atoms with Crippen molar-refractivity contribution in [1.29, 1.82) is 0 Å². The zero-order valence-corrected chi connectivity index (χ0v) is 9.67. The molecule has 0 radical (unpaired) electrons. The molecule has 2 rings (SSSR count). The first-order chi connectivity index (χ1) is 7.15. The molecule has 86 valence electrons. The van der Waals surface area contributed by atoms with E-state index in [-0.39, 0.29) is 11.9 Å². The normalized spacial score (nSPS) is 30.1. The first kappa shape index (κ1) is 10.9. The molecule has 1 saturated heterocycles.